The fourth-order valence-electron chi connectivity index (χ4n) is 5.08. The SMILES string of the molecule is CCC.CCC.O=C1NC(=O)C2CC(C3CCC4C(=O)NC(=O)C4C3)CCC12. The van der Waals surface area contributed by atoms with Crippen LogP contribution in [0.1, 0.15) is 79.1 Å². The number of amides is 4. The number of carbonyl (C=O) groups excluding carboxylic acids is 4. The maximum atomic E-state index is 11.9. The predicted molar refractivity (Wildman–Crippen MR) is 107 cm³/mol. The zero-order valence-corrected chi connectivity index (χ0v) is 17.8. The van der Waals surface area contributed by atoms with Crippen LogP contribution in [-0.4, -0.2) is 23.6 Å². The molecule has 0 radical (unpaired) electrons. The van der Waals surface area contributed by atoms with Gasteiger partial charge in [-0.05, 0) is 50.4 Å². The quantitative estimate of drug-likeness (QED) is 0.670. The van der Waals surface area contributed by atoms with Gasteiger partial charge in [0.05, 0.1) is 11.8 Å². The van der Waals surface area contributed by atoms with E-state index < -0.39 is 0 Å². The average molecular weight is 393 g/mol. The number of fused-ring (bicyclic) bond motifs is 2. The monoisotopic (exact) mass is 392 g/mol. The number of nitrogens with one attached hydrogen (secondary N) is 2. The fourth-order valence-corrected chi connectivity index (χ4v) is 5.08. The van der Waals surface area contributed by atoms with Crippen LogP contribution in [0.5, 0.6) is 0 Å². The molecule has 0 bridgehead atoms. The number of carbonyl (C=O) groups is 4. The Morgan fingerprint density at radius 3 is 1.18 bits per heavy atom. The summed E-state index contributed by atoms with van der Waals surface area (Å²) < 4.78 is 0. The predicted octanol–water partition coefficient (Wildman–Crippen LogP) is 3.20. The molecule has 4 fully saturated rings. The van der Waals surface area contributed by atoms with Crippen LogP contribution in [0.4, 0.5) is 0 Å². The van der Waals surface area contributed by atoms with Gasteiger partial charge in [0.1, 0.15) is 0 Å². The van der Waals surface area contributed by atoms with E-state index in [2.05, 4.69) is 38.3 Å². The summed E-state index contributed by atoms with van der Waals surface area (Å²) in [7, 11) is 0. The summed E-state index contributed by atoms with van der Waals surface area (Å²) in [6.45, 7) is 8.50. The Hall–Kier alpha value is -1.72. The van der Waals surface area contributed by atoms with Crippen molar-refractivity contribution in [3.8, 4) is 0 Å². The summed E-state index contributed by atoms with van der Waals surface area (Å²) >= 11 is 0. The molecule has 2 aliphatic carbocycles. The second kappa shape index (κ2) is 10.2. The van der Waals surface area contributed by atoms with Gasteiger partial charge < -0.3 is 0 Å². The lowest BCUT2D eigenvalue weighted by atomic mass is 9.64. The van der Waals surface area contributed by atoms with Crippen molar-refractivity contribution >= 4 is 23.6 Å². The molecule has 4 amide bonds. The van der Waals surface area contributed by atoms with E-state index in [1.807, 2.05) is 0 Å². The minimum absolute atomic E-state index is 0.113. The molecule has 0 aromatic heterocycles. The van der Waals surface area contributed by atoms with Crippen molar-refractivity contribution < 1.29 is 19.2 Å². The Morgan fingerprint density at radius 1 is 0.571 bits per heavy atom. The Labute approximate surface area is 168 Å². The topological polar surface area (TPSA) is 92.3 Å². The van der Waals surface area contributed by atoms with E-state index in [1.165, 1.54) is 12.8 Å². The van der Waals surface area contributed by atoms with Gasteiger partial charge in [0.15, 0.2) is 0 Å². The van der Waals surface area contributed by atoms with E-state index in [-0.39, 0.29) is 47.3 Å². The molecule has 6 unspecified atom stereocenters. The molecular formula is C22H36N2O4. The Bertz CT molecular complexity index is 551. The van der Waals surface area contributed by atoms with Gasteiger partial charge in [-0.15, -0.1) is 0 Å². The van der Waals surface area contributed by atoms with E-state index >= 15 is 0 Å². The lowest BCUT2D eigenvalue weighted by Crippen LogP contribution is -2.35. The molecule has 4 rings (SSSR count). The van der Waals surface area contributed by atoms with Gasteiger partial charge >= 0.3 is 0 Å². The van der Waals surface area contributed by atoms with Crippen LogP contribution in [0.2, 0.25) is 0 Å². The summed E-state index contributed by atoms with van der Waals surface area (Å²) in [5.41, 5.74) is 0. The molecule has 2 aliphatic heterocycles. The van der Waals surface area contributed by atoms with Crippen molar-refractivity contribution in [2.24, 2.45) is 35.5 Å². The number of rotatable bonds is 1. The molecule has 0 aromatic carbocycles. The van der Waals surface area contributed by atoms with Crippen molar-refractivity contribution in [1.82, 2.24) is 10.6 Å². The molecule has 28 heavy (non-hydrogen) atoms. The zero-order chi connectivity index (χ0) is 20.8. The van der Waals surface area contributed by atoms with Crippen molar-refractivity contribution in [2.45, 2.75) is 79.1 Å². The molecule has 2 saturated carbocycles. The average Bonchev–Trinajstić information content (AvgIpc) is 3.11. The van der Waals surface area contributed by atoms with Crippen LogP contribution < -0.4 is 10.6 Å². The number of hydrogen-bond acceptors (Lipinski definition) is 4. The standard InChI is InChI=1S/C16H20N2O4.2C3H8/c19-13-9-3-1-7(5-11(9)15(21)17-13)8-2-4-10-12(6-8)16(22)18-14(10)20;2*1-3-2/h7-12H,1-6H2,(H,17,19,21)(H,18,20,22);2*3H2,1-2H3. The Kier molecular flexibility index (Phi) is 8.20. The van der Waals surface area contributed by atoms with Gasteiger partial charge in [0, 0.05) is 11.8 Å². The van der Waals surface area contributed by atoms with Gasteiger partial charge in [-0.1, -0.05) is 40.5 Å². The molecule has 4 aliphatic rings. The highest BCUT2D eigenvalue weighted by atomic mass is 16.2. The maximum absolute atomic E-state index is 11.9. The molecule has 0 spiro atoms. The first-order valence-corrected chi connectivity index (χ1v) is 11.1. The zero-order valence-electron chi connectivity index (χ0n) is 17.8. The van der Waals surface area contributed by atoms with E-state index in [1.54, 1.807) is 0 Å². The molecular weight excluding hydrogens is 356 g/mol. The van der Waals surface area contributed by atoms with Crippen molar-refractivity contribution in [1.29, 1.82) is 0 Å². The molecule has 2 N–H and O–H groups in total. The van der Waals surface area contributed by atoms with Crippen LogP contribution in [0.3, 0.4) is 0 Å². The van der Waals surface area contributed by atoms with Gasteiger partial charge in [0.2, 0.25) is 23.6 Å². The molecule has 6 heteroatoms. The summed E-state index contributed by atoms with van der Waals surface area (Å²) in [5, 5.41) is 4.89. The molecule has 0 aromatic rings. The molecule has 6 atom stereocenters. The van der Waals surface area contributed by atoms with Crippen LogP contribution >= 0.6 is 0 Å². The summed E-state index contributed by atoms with van der Waals surface area (Å²) in [4.78, 5) is 47.2. The third-order valence-electron chi connectivity index (χ3n) is 6.29. The molecule has 2 heterocycles. The smallest absolute Gasteiger partial charge is 0.230 e. The van der Waals surface area contributed by atoms with Crippen molar-refractivity contribution in [2.75, 3.05) is 0 Å². The first kappa shape index (κ1) is 22.6. The highest BCUT2D eigenvalue weighted by molar-refractivity contribution is 6.05. The van der Waals surface area contributed by atoms with Gasteiger partial charge in [-0.2, -0.15) is 0 Å². The molecule has 158 valence electrons. The first-order valence-electron chi connectivity index (χ1n) is 11.1. The minimum Gasteiger partial charge on any atom is -0.296 e. The van der Waals surface area contributed by atoms with E-state index in [9.17, 15) is 19.2 Å². The summed E-state index contributed by atoms with van der Waals surface area (Å²) in [5.74, 6) is -0.330. The molecule has 2 saturated heterocycles. The van der Waals surface area contributed by atoms with Crippen LogP contribution in [0, 0.1) is 35.5 Å². The van der Waals surface area contributed by atoms with Gasteiger partial charge in [-0.25, -0.2) is 0 Å². The van der Waals surface area contributed by atoms with Crippen molar-refractivity contribution in [3.63, 3.8) is 0 Å². The Morgan fingerprint density at radius 2 is 0.857 bits per heavy atom. The maximum Gasteiger partial charge on any atom is 0.230 e. The lowest BCUT2D eigenvalue weighted by molar-refractivity contribution is -0.127. The van der Waals surface area contributed by atoms with Crippen LogP contribution in [0.25, 0.3) is 0 Å². The highest BCUT2D eigenvalue weighted by Gasteiger charge is 2.50. The van der Waals surface area contributed by atoms with Gasteiger partial charge in [-0.3, -0.25) is 29.8 Å². The molecule has 6 nitrogen and oxygen atoms in total. The third-order valence-corrected chi connectivity index (χ3v) is 6.29. The first-order chi connectivity index (χ1) is 13.4. The van der Waals surface area contributed by atoms with E-state index in [0.29, 0.717) is 11.8 Å². The normalized spacial score (nSPS) is 36.1. The third kappa shape index (κ3) is 4.81. The highest BCUT2D eigenvalue weighted by Crippen LogP contribution is 2.47. The van der Waals surface area contributed by atoms with Crippen LogP contribution in [0.15, 0.2) is 0 Å². The number of imide groups is 2. The van der Waals surface area contributed by atoms with E-state index in [0.717, 1.165) is 38.5 Å². The lowest BCUT2D eigenvalue weighted by Gasteiger charge is -2.38. The Balaban J connectivity index is 0.000000418. The summed E-state index contributed by atoms with van der Waals surface area (Å²) in [6.07, 6.45) is 7.42. The number of hydrogen-bond donors (Lipinski definition) is 2. The minimum atomic E-state index is -0.178. The largest absolute Gasteiger partial charge is 0.296 e. The van der Waals surface area contributed by atoms with Crippen LogP contribution in [-0.2, 0) is 19.2 Å². The summed E-state index contributed by atoms with van der Waals surface area (Å²) in [6, 6.07) is 0. The van der Waals surface area contributed by atoms with E-state index in [4.69, 9.17) is 0 Å². The second-order valence-electron chi connectivity index (χ2n) is 8.69. The second-order valence-corrected chi connectivity index (χ2v) is 8.69. The van der Waals surface area contributed by atoms with Crippen molar-refractivity contribution in [3.05, 3.63) is 0 Å². The van der Waals surface area contributed by atoms with Gasteiger partial charge in [0.25, 0.3) is 0 Å². The fraction of sp³-hybridized carbons (Fsp3) is 0.818.